The van der Waals surface area contributed by atoms with Crippen molar-refractivity contribution in [1.82, 2.24) is 4.90 Å². The highest BCUT2D eigenvalue weighted by Gasteiger charge is 2.41. The highest BCUT2D eigenvalue weighted by molar-refractivity contribution is 9.10. The molecule has 0 spiro atoms. The molecule has 0 saturated carbocycles. The predicted octanol–water partition coefficient (Wildman–Crippen LogP) is 3.74. The van der Waals surface area contributed by atoms with Crippen molar-refractivity contribution in [3.8, 4) is 6.07 Å². The van der Waals surface area contributed by atoms with Gasteiger partial charge in [-0.15, -0.1) is 0 Å². The zero-order valence-corrected chi connectivity index (χ0v) is 12.5. The number of likely N-dealkylation sites (tertiary alicyclic amines) is 1. The number of rotatable bonds is 1. The summed E-state index contributed by atoms with van der Waals surface area (Å²) >= 11 is 3.22. The molecule has 0 N–H and O–H groups in total. The number of hydrogen-bond acceptors (Lipinski definition) is 2. The van der Waals surface area contributed by atoms with Crippen LogP contribution in [0.4, 0.5) is 13.2 Å². The summed E-state index contributed by atoms with van der Waals surface area (Å²) in [6.07, 6.45) is -4.32. The van der Waals surface area contributed by atoms with Crippen molar-refractivity contribution in [2.45, 2.75) is 19.0 Å². The van der Waals surface area contributed by atoms with Gasteiger partial charge in [-0.25, -0.2) is 0 Å². The molecule has 3 nitrogen and oxygen atoms in total. The fraction of sp³-hybridized carbons (Fsp3) is 0.429. The fourth-order valence-corrected chi connectivity index (χ4v) is 2.89. The summed E-state index contributed by atoms with van der Waals surface area (Å²) in [6.45, 7) is 0.185. The van der Waals surface area contributed by atoms with Crippen molar-refractivity contribution >= 4 is 21.8 Å². The van der Waals surface area contributed by atoms with Gasteiger partial charge in [-0.05, 0) is 47.0 Å². The van der Waals surface area contributed by atoms with Crippen LogP contribution in [0.3, 0.4) is 0 Å². The van der Waals surface area contributed by atoms with E-state index >= 15 is 0 Å². The Bertz CT molecular complexity index is 587. The SMILES string of the molecule is N#Cc1ccc(C(=O)N2CCC(C(F)(F)F)CC2)c(Br)c1. The summed E-state index contributed by atoms with van der Waals surface area (Å²) in [5.74, 6) is -1.64. The first-order valence-corrected chi connectivity index (χ1v) is 7.18. The van der Waals surface area contributed by atoms with Crippen LogP contribution in [0, 0.1) is 17.2 Å². The van der Waals surface area contributed by atoms with Gasteiger partial charge in [0, 0.05) is 17.6 Å². The van der Waals surface area contributed by atoms with E-state index in [4.69, 9.17) is 5.26 Å². The van der Waals surface area contributed by atoms with Crippen molar-refractivity contribution < 1.29 is 18.0 Å². The summed E-state index contributed by atoms with van der Waals surface area (Å²) in [5.41, 5.74) is 0.772. The maximum absolute atomic E-state index is 12.6. The third-order valence-corrected chi connectivity index (χ3v) is 4.23. The number of benzene rings is 1. The van der Waals surface area contributed by atoms with Crippen LogP contribution < -0.4 is 0 Å². The van der Waals surface area contributed by atoms with E-state index in [9.17, 15) is 18.0 Å². The average molecular weight is 361 g/mol. The van der Waals surface area contributed by atoms with E-state index in [-0.39, 0.29) is 31.8 Å². The summed E-state index contributed by atoms with van der Waals surface area (Å²) in [4.78, 5) is 13.7. The minimum atomic E-state index is -4.19. The molecule has 0 aliphatic carbocycles. The van der Waals surface area contributed by atoms with Gasteiger partial charge in [-0.2, -0.15) is 18.4 Å². The second-order valence-electron chi connectivity index (χ2n) is 4.91. The standard InChI is InChI=1S/C14H12BrF3N2O/c15-12-7-9(8-19)1-2-11(12)13(21)20-5-3-10(4-6-20)14(16,17)18/h1-2,7,10H,3-6H2. The Labute approximate surface area is 128 Å². The molecule has 21 heavy (non-hydrogen) atoms. The molecule has 1 amide bonds. The number of nitriles is 1. The molecule has 1 aliphatic heterocycles. The largest absolute Gasteiger partial charge is 0.391 e. The Morgan fingerprint density at radius 3 is 2.43 bits per heavy atom. The first kappa shape index (κ1) is 15.8. The van der Waals surface area contributed by atoms with Gasteiger partial charge in [-0.1, -0.05) is 0 Å². The molecule has 2 rings (SSSR count). The molecule has 1 heterocycles. The topological polar surface area (TPSA) is 44.1 Å². The van der Waals surface area contributed by atoms with Crippen LogP contribution >= 0.6 is 15.9 Å². The average Bonchev–Trinajstić information content (AvgIpc) is 2.45. The first-order chi connectivity index (χ1) is 9.82. The van der Waals surface area contributed by atoms with Gasteiger partial charge < -0.3 is 4.90 Å². The van der Waals surface area contributed by atoms with Crippen LogP contribution in [-0.4, -0.2) is 30.1 Å². The summed E-state index contributed by atoms with van der Waals surface area (Å²) in [5, 5.41) is 8.77. The monoisotopic (exact) mass is 360 g/mol. The Balaban J connectivity index is 2.08. The normalized spacial score (nSPS) is 16.6. The highest BCUT2D eigenvalue weighted by Crippen LogP contribution is 2.34. The van der Waals surface area contributed by atoms with Gasteiger partial charge in [0.1, 0.15) is 0 Å². The van der Waals surface area contributed by atoms with Gasteiger partial charge in [0.15, 0.2) is 0 Å². The molecular formula is C14H12BrF3N2O. The van der Waals surface area contributed by atoms with E-state index in [2.05, 4.69) is 15.9 Å². The van der Waals surface area contributed by atoms with Crippen LogP contribution in [-0.2, 0) is 0 Å². The number of hydrogen-bond donors (Lipinski definition) is 0. The zero-order chi connectivity index (χ0) is 15.6. The second-order valence-corrected chi connectivity index (χ2v) is 5.77. The number of piperidine rings is 1. The second kappa shape index (κ2) is 6.06. The molecule has 0 aromatic heterocycles. The number of carbonyl (C=O) groups is 1. The molecule has 0 bridgehead atoms. The lowest BCUT2D eigenvalue weighted by Crippen LogP contribution is -2.42. The highest BCUT2D eigenvalue weighted by atomic mass is 79.9. The van der Waals surface area contributed by atoms with Gasteiger partial charge in [0.2, 0.25) is 0 Å². The van der Waals surface area contributed by atoms with E-state index in [1.54, 1.807) is 0 Å². The Morgan fingerprint density at radius 2 is 1.95 bits per heavy atom. The molecule has 7 heteroatoms. The quantitative estimate of drug-likeness (QED) is 0.765. The third kappa shape index (κ3) is 3.56. The van der Waals surface area contributed by atoms with Crippen molar-refractivity contribution in [3.63, 3.8) is 0 Å². The fourth-order valence-electron chi connectivity index (χ4n) is 2.34. The molecule has 0 radical (unpaired) electrons. The zero-order valence-electron chi connectivity index (χ0n) is 11.0. The Hall–Kier alpha value is -1.55. The number of amides is 1. The first-order valence-electron chi connectivity index (χ1n) is 6.38. The predicted molar refractivity (Wildman–Crippen MR) is 73.5 cm³/mol. The van der Waals surface area contributed by atoms with E-state index < -0.39 is 12.1 Å². The van der Waals surface area contributed by atoms with Crippen molar-refractivity contribution in [1.29, 1.82) is 5.26 Å². The maximum atomic E-state index is 12.6. The van der Waals surface area contributed by atoms with Crippen LogP contribution in [0.5, 0.6) is 0 Å². The number of carbonyl (C=O) groups excluding carboxylic acids is 1. The van der Waals surface area contributed by atoms with Crippen LogP contribution in [0.25, 0.3) is 0 Å². The van der Waals surface area contributed by atoms with Crippen LogP contribution in [0.1, 0.15) is 28.8 Å². The van der Waals surface area contributed by atoms with Crippen molar-refractivity contribution in [3.05, 3.63) is 33.8 Å². The molecular weight excluding hydrogens is 349 g/mol. The minimum absolute atomic E-state index is 0.0663. The lowest BCUT2D eigenvalue weighted by atomic mass is 9.96. The van der Waals surface area contributed by atoms with Crippen molar-refractivity contribution in [2.75, 3.05) is 13.1 Å². The number of halogens is 4. The smallest absolute Gasteiger partial charge is 0.339 e. The molecule has 1 aromatic rings. The summed E-state index contributed by atoms with van der Waals surface area (Å²) < 4.78 is 38.3. The van der Waals surface area contributed by atoms with Crippen LogP contribution in [0.15, 0.2) is 22.7 Å². The maximum Gasteiger partial charge on any atom is 0.391 e. The summed E-state index contributed by atoms with van der Waals surface area (Å²) in [7, 11) is 0. The molecule has 112 valence electrons. The van der Waals surface area contributed by atoms with E-state index in [0.29, 0.717) is 15.6 Å². The van der Waals surface area contributed by atoms with Gasteiger partial charge in [0.25, 0.3) is 5.91 Å². The Morgan fingerprint density at radius 1 is 1.33 bits per heavy atom. The number of alkyl halides is 3. The van der Waals surface area contributed by atoms with Gasteiger partial charge in [0.05, 0.1) is 23.1 Å². The van der Waals surface area contributed by atoms with Crippen molar-refractivity contribution in [2.24, 2.45) is 5.92 Å². The van der Waals surface area contributed by atoms with E-state index in [0.717, 1.165) is 0 Å². The van der Waals surface area contributed by atoms with Gasteiger partial charge >= 0.3 is 6.18 Å². The lowest BCUT2D eigenvalue weighted by molar-refractivity contribution is -0.183. The third-order valence-electron chi connectivity index (χ3n) is 3.57. The Kier molecular flexibility index (Phi) is 4.57. The minimum Gasteiger partial charge on any atom is -0.339 e. The lowest BCUT2D eigenvalue weighted by Gasteiger charge is -2.33. The molecule has 1 fully saturated rings. The van der Waals surface area contributed by atoms with Crippen LogP contribution in [0.2, 0.25) is 0 Å². The van der Waals surface area contributed by atoms with E-state index in [1.807, 2.05) is 6.07 Å². The molecule has 0 unspecified atom stereocenters. The van der Waals surface area contributed by atoms with E-state index in [1.165, 1.54) is 23.1 Å². The molecule has 0 atom stereocenters. The molecule has 1 aliphatic rings. The summed E-state index contributed by atoms with van der Waals surface area (Å²) in [6, 6.07) is 6.51. The van der Waals surface area contributed by atoms with Gasteiger partial charge in [-0.3, -0.25) is 4.79 Å². The number of nitrogens with zero attached hydrogens (tertiary/aromatic N) is 2. The molecule has 1 aromatic carbocycles. The molecule has 1 saturated heterocycles.